The molecule has 0 bridgehead atoms. The van der Waals surface area contributed by atoms with Gasteiger partial charge in [0.25, 0.3) is 11.8 Å². The maximum Gasteiger partial charge on any atom is 0.290 e. The molecule has 1 unspecified atom stereocenters. The van der Waals surface area contributed by atoms with Gasteiger partial charge in [0, 0.05) is 49.4 Å². The van der Waals surface area contributed by atoms with Gasteiger partial charge >= 0.3 is 0 Å². The zero-order chi connectivity index (χ0) is 30.8. The van der Waals surface area contributed by atoms with E-state index in [9.17, 15) is 39.6 Å². The number of ketones is 2. The Hall–Kier alpha value is -4.69. The highest BCUT2D eigenvalue weighted by Gasteiger charge is 2.64. The Balaban J connectivity index is 0.00000423. The van der Waals surface area contributed by atoms with Gasteiger partial charge < -0.3 is 40.9 Å². The number of aromatic nitrogens is 1. The van der Waals surface area contributed by atoms with Crippen LogP contribution in [0.4, 0.5) is 5.69 Å². The van der Waals surface area contributed by atoms with Crippen molar-refractivity contribution in [3.8, 4) is 5.75 Å². The lowest BCUT2D eigenvalue weighted by Crippen LogP contribution is -2.65. The number of fused-ring (bicyclic) bond motifs is 3. The van der Waals surface area contributed by atoms with Crippen LogP contribution in [0.15, 0.2) is 39.8 Å². The van der Waals surface area contributed by atoms with Gasteiger partial charge in [-0.3, -0.25) is 24.1 Å². The zero-order valence-electron chi connectivity index (χ0n) is 23.3. The lowest BCUT2D eigenvalue weighted by atomic mass is 9.57. The third kappa shape index (κ3) is 4.53. The normalized spacial score (nSPS) is 24.7. The van der Waals surface area contributed by atoms with Crippen LogP contribution in [0, 0.1) is 11.8 Å². The van der Waals surface area contributed by atoms with Gasteiger partial charge in [0.05, 0.1) is 17.8 Å². The molecule has 230 valence electrons. The monoisotopic (exact) mass is 597 g/mol. The largest absolute Gasteiger partial charge is 0.508 e. The molecule has 43 heavy (non-hydrogen) atoms. The number of hydrogen-bond acceptors (Lipinski definition) is 12. The highest BCUT2D eigenvalue weighted by Crippen LogP contribution is 2.54. The molecule has 1 heterocycles. The van der Waals surface area contributed by atoms with Gasteiger partial charge in [-0.1, -0.05) is 12.6 Å². The van der Waals surface area contributed by atoms with E-state index < -0.39 is 69.7 Å². The smallest absolute Gasteiger partial charge is 0.290 e. The fraction of sp³-hybridized carbons (Fsp3) is 0.414. The minimum absolute atomic E-state index is 0. The van der Waals surface area contributed by atoms with Gasteiger partial charge in [-0.15, -0.1) is 0 Å². The third-order valence-electron chi connectivity index (χ3n) is 8.36. The first-order valence-corrected chi connectivity index (χ1v) is 13.1. The second-order valence-corrected chi connectivity index (χ2v) is 11.2. The molecule has 3 aliphatic carbocycles. The summed E-state index contributed by atoms with van der Waals surface area (Å²) >= 11 is 0. The van der Waals surface area contributed by atoms with E-state index in [-0.39, 0.29) is 49.3 Å². The van der Waals surface area contributed by atoms with E-state index in [0.717, 1.165) is 0 Å². The minimum Gasteiger partial charge on any atom is -0.508 e. The first-order valence-electron chi connectivity index (χ1n) is 13.1. The Bertz CT molecular complexity index is 1590. The lowest BCUT2D eigenvalue weighted by Gasteiger charge is -2.50. The number of likely N-dealkylation sites (N-methyl/N-ethyl adjacent to an activating group) is 1. The van der Waals surface area contributed by atoms with Crippen LogP contribution in [0.25, 0.3) is 5.76 Å². The fourth-order valence-corrected chi connectivity index (χ4v) is 6.48. The number of amides is 2. The molecule has 5 rings (SSSR count). The summed E-state index contributed by atoms with van der Waals surface area (Å²) in [5.74, 6) is -7.90. The Morgan fingerprint density at radius 3 is 2.42 bits per heavy atom. The number of primary amides is 1. The quantitative estimate of drug-likeness (QED) is 0.252. The van der Waals surface area contributed by atoms with Crippen LogP contribution in [-0.2, 0) is 27.3 Å². The number of anilines is 1. The van der Waals surface area contributed by atoms with Crippen LogP contribution < -0.4 is 16.0 Å². The average Bonchev–Trinajstić information content (AvgIpc) is 3.45. The summed E-state index contributed by atoms with van der Waals surface area (Å²) in [5.41, 5.74) is 2.74. The highest BCUT2D eigenvalue weighted by atomic mass is 16.5. The van der Waals surface area contributed by atoms with E-state index in [4.69, 9.17) is 10.3 Å². The van der Waals surface area contributed by atoms with Crippen molar-refractivity contribution in [3.05, 3.63) is 57.7 Å². The van der Waals surface area contributed by atoms with Gasteiger partial charge in [-0.2, -0.15) is 0 Å². The summed E-state index contributed by atoms with van der Waals surface area (Å²) in [6.45, 7) is -0.177. The van der Waals surface area contributed by atoms with Gasteiger partial charge in [-0.25, -0.2) is 0 Å². The van der Waals surface area contributed by atoms with Crippen LogP contribution in [0.3, 0.4) is 0 Å². The van der Waals surface area contributed by atoms with Gasteiger partial charge in [-0.05, 0) is 44.5 Å². The Kier molecular flexibility index (Phi) is 7.89. The number of aliphatic hydroxyl groups excluding tert-OH is 2. The molecule has 0 aliphatic heterocycles. The molecule has 1 aromatic heterocycles. The van der Waals surface area contributed by atoms with Crippen molar-refractivity contribution < 1.29 is 44.1 Å². The summed E-state index contributed by atoms with van der Waals surface area (Å²) in [7, 11) is 6.58. The fourth-order valence-electron chi connectivity index (χ4n) is 6.48. The van der Waals surface area contributed by atoms with Crippen molar-refractivity contribution in [1.82, 2.24) is 15.4 Å². The number of nitrogens with two attached hydrogens (primary N) is 1. The summed E-state index contributed by atoms with van der Waals surface area (Å²) in [6.07, 6.45) is 1.42. The molecule has 0 saturated heterocycles. The third-order valence-corrected chi connectivity index (χ3v) is 8.36. The summed E-state index contributed by atoms with van der Waals surface area (Å²) in [5, 5.41) is 51.7. The molecular formula is C29H35N5O9. The number of phenolic OH excluding ortho intramolecular Hbond substituents is 1. The predicted octanol–water partition coefficient (Wildman–Crippen LogP) is 0.584. The van der Waals surface area contributed by atoms with Crippen molar-refractivity contribution in [2.45, 2.75) is 38.5 Å². The van der Waals surface area contributed by atoms with Crippen molar-refractivity contribution >= 4 is 34.8 Å². The molecule has 4 atom stereocenters. The number of phenols is 1. The van der Waals surface area contributed by atoms with Gasteiger partial charge in [0.15, 0.2) is 11.4 Å². The maximum absolute atomic E-state index is 14.0. The molecule has 0 spiro atoms. The topological polar surface area (TPSA) is 220 Å². The van der Waals surface area contributed by atoms with Gasteiger partial charge in [0.2, 0.25) is 11.5 Å². The molecule has 1 fully saturated rings. The van der Waals surface area contributed by atoms with E-state index in [1.54, 1.807) is 39.2 Å². The van der Waals surface area contributed by atoms with Crippen LogP contribution in [-0.4, -0.2) is 93.7 Å². The van der Waals surface area contributed by atoms with Crippen molar-refractivity contribution in [3.63, 3.8) is 0 Å². The van der Waals surface area contributed by atoms with Crippen LogP contribution in [0.2, 0.25) is 0 Å². The molecule has 0 radical (unpaired) electrons. The highest BCUT2D eigenvalue weighted by molar-refractivity contribution is 6.24. The van der Waals surface area contributed by atoms with E-state index >= 15 is 0 Å². The Labute approximate surface area is 247 Å². The molecule has 7 N–H and O–H groups in total. The van der Waals surface area contributed by atoms with Gasteiger partial charge in [0.1, 0.15) is 22.8 Å². The Morgan fingerprint density at radius 2 is 1.86 bits per heavy atom. The number of rotatable bonds is 6. The number of aromatic hydroxyl groups is 1. The molecule has 14 heteroatoms. The average molecular weight is 598 g/mol. The summed E-state index contributed by atoms with van der Waals surface area (Å²) in [4.78, 5) is 55.0. The number of aliphatic hydroxyl groups is 3. The maximum atomic E-state index is 14.0. The van der Waals surface area contributed by atoms with Crippen molar-refractivity contribution in [2.75, 3.05) is 33.1 Å². The van der Waals surface area contributed by atoms with Crippen LogP contribution in [0.1, 0.15) is 41.1 Å². The number of nitrogens with zero attached hydrogens (tertiary/aromatic N) is 3. The number of benzene rings is 1. The van der Waals surface area contributed by atoms with Crippen LogP contribution >= 0.6 is 0 Å². The molecule has 1 saturated carbocycles. The Morgan fingerprint density at radius 1 is 1.19 bits per heavy atom. The molecule has 2 aromatic rings. The first kappa shape index (κ1) is 31.3. The second kappa shape index (κ2) is 10.9. The van der Waals surface area contributed by atoms with E-state index in [2.05, 4.69) is 10.5 Å². The summed E-state index contributed by atoms with van der Waals surface area (Å²) in [6, 6.07) is 1.84. The SMILES string of the molecule is C.CN(C)c1cc(CNC(=O)c2ccno2)c(O)c2c1C[C@H]1C[C@H]3C(N(C)C)C(=O)C(C(N)=O)=C(O)[C@@]3(O)C(=O)C1=C2O. The zero-order valence-corrected chi connectivity index (χ0v) is 23.3. The number of hydrogen-bond donors (Lipinski definition) is 6. The van der Waals surface area contributed by atoms with Crippen LogP contribution in [0.5, 0.6) is 5.75 Å². The van der Waals surface area contributed by atoms with E-state index in [1.165, 1.54) is 17.2 Å². The number of carbonyl (C=O) groups excluding carboxylic acids is 4. The molecule has 14 nitrogen and oxygen atoms in total. The number of carbonyl (C=O) groups is 4. The van der Waals surface area contributed by atoms with Crippen molar-refractivity contribution in [2.24, 2.45) is 17.6 Å². The van der Waals surface area contributed by atoms with E-state index in [1.807, 2.05) is 0 Å². The summed E-state index contributed by atoms with van der Waals surface area (Å²) < 4.78 is 4.85. The lowest BCUT2D eigenvalue weighted by molar-refractivity contribution is -0.153. The first-order chi connectivity index (χ1) is 19.7. The standard InChI is InChI=1S/C28H31N5O9.CH4/c1-32(2)15-9-12(10-30-27(40)16-5-6-31-42-16)21(34)18-13(15)7-11-8-14-20(33(3)4)23(36)19(26(29)39)25(38)28(14,41)24(37)17(11)22(18)35;/h5-6,9,11,14,20,34-35,38,41H,7-8,10H2,1-4H3,(H2,29,39)(H,30,40);1H4/t11-,14-,20?,28-;/m0./s1. The molecule has 3 aliphatic rings. The molecule has 1 aromatic carbocycles. The predicted molar refractivity (Wildman–Crippen MR) is 153 cm³/mol. The number of Topliss-reactive ketones (excluding diaryl/α,β-unsaturated/α-hetero) is 2. The second-order valence-electron chi connectivity index (χ2n) is 11.2. The van der Waals surface area contributed by atoms with Crippen molar-refractivity contribution in [1.29, 1.82) is 0 Å². The number of nitrogens with one attached hydrogen (secondary N) is 1. The molecule has 2 amide bonds. The van der Waals surface area contributed by atoms with E-state index in [0.29, 0.717) is 11.3 Å². The molecular weight excluding hydrogens is 562 g/mol. The minimum atomic E-state index is -2.73.